The summed E-state index contributed by atoms with van der Waals surface area (Å²) in [5.74, 6) is 0.736. The van der Waals surface area contributed by atoms with Crippen molar-refractivity contribution in [1.29, 1.82) is 0 Å². The molecule has 0 saturated heterocycles. The summed E-state index contributed by atoms with van der Waals surface area (Å²) in [4.78, 5) is 16.3. The normalized spacial score (nSPS) is 15.4. The van der Waals surface area contributed by atoms with E-state index in [1.54, 1.807) is 13.2 Å². The molecule has 2 aromatic carbocycles. The topological polar surface area (TPSA) is 47.9 Å². The smallest absolute Gasteiger partial charge is 0.363 e. The van der Waals surface area contributed by atoms with Crippen LogP contribution in [0, 0.1) is 0 Å². The predicted octanol–water partition coefficient (Wildman–Crippen LogP) is 3.62. The van der Waals surface area contributed by atoms with Gasteiger partial charge in [-0.15, -0.1) is 0 Å². The molecule has 4 nitrogen and oxygen atoms in total. The van der Waals surface area contributed by atoms with Crippen molar-refractivity contribution in [3.8, 4) is 5.75 Å². The highest BCUT2D eigenvalue weighted by molar-refractivity contribution is 6.07. The third kappa shape index (κ3) is 3.66. The zero-order valence-electron chi connectivity index (χ0n) is 12.9. The van der Waals surface area contributed by atoms with Crippen molar-refractivity contribution in [3.63, 3.8) is 0 Å². The molecule has 2 aromatic rings. The van der Waals surface area contributed by atoms with Crippen molar-refractivity contribution < 1.29 is 14.3 Å². The Morgan fingerprint density at radius 3 is 2.57 bits per heavy atom. The number of aryl methyl sites for hydroxylation is 1. The first kappa shape index (κ1) is 15.0. The van der Waals surface area contributed by atoms with Gasteiger partial charge in [0.2, 0.25) is 0 Å². The Labute approximate surface area is 135 Å². The molecule has 0 atom stereocenters. The van der Waals surface area contributed by atoms with Crippen molar-refractivity contribution in [2.24, 2.45) is 4.99 Å². The highest BCUT2D eigenvalue weighted by Gasteiger charge is 2.22. The zero-order chi connectivity index (χ0) is 16.1. The first-order valence-electron chi connectivity index (χ1n) is 7.44. The molecule has 0 aromatic heterocycles. The fourth-order valence-electron chi connectivity index (χ4n) is 2.39. The van der Waals surface area contributed by atoms with Crippen molar-refractivity contribution in [1.82, 2.24) is 0 Å². The Morgan fingerprint density at radius 2 is 1.78 bits per heavy atom. The lowest BCUT2D eigenvalue weighted by molar-refractivity contribution is -0.130. The standard InChI is InChI=1S/C19H17NO3/c1-22-17-10-6-5-9-15(17)13-16-19(21)23-18(20-16)12-11-14-7-3-2-4-8-14/h2-10,13H,11-12H2,1H3/b16-13-. The lowest BCUT2D eigenvalue weighted by Crippen LogP contribution is -2.05. The Kier molecular flexibility index (Phi) is 4.52. The first-order chi connectivity index (χ1) is 11.3. The van der Waals surface area contributed by atoms with Gasteiger partial charge in [0.15, 0.2) is 11.6 Å². The molecule has 0 saturated carbocycles. The minimum Gasteiger partial charge on any atom is -0.496 e. The largest absolute Gasteiger partial charge is 0.496 e. The summed E-state index contributed by atoms with van der Waals surface area (Å²) in [6, 6.07) is 17.5. The summed E-state index contributed by atoms with van der Waals surface area (Å²) in [6.07, 6.45) is 3.07. The van der Waals surface area contributed by atoms with E-state index in [0.29, 0.717) is 23.8 Å². The van der Waals surface area contributed by atoms with Gasteiger partial charge in [-0.3, -0.25) is 0 Å². The van der Waals surface area contributed by atoms with Crippen LogP contribution in [-0.4, -0.2) is 19.0 Å². The van der Waals surface area contributed by atoms with Crippen LogP contribution in [0.5, 0.6) is 5.75 Å². The number of ether oxygens (including phenoxy) is 2. The lowest BCUT2D eigenvalue weighted by Gasteiger charge is -2.03. The molecule has 0 radical (unpaired) electrons. The number of esters is 1. The molecule has 23 heavy (non-hydrogen) atoms. The van der Waals surface area contributed by atoms with Crippen LogP contribution in [0.4, 0.5) is 0 Å². The highest BCUT2D eigenvalue weighted by atomic mass is 16.6. The van der Waals surface area contributed by atoms with Gasteiger partial charge in [-0.05, 0) is 24.1 Å². The molecule has 116 valence electrons. The summed E-state index contributed by atoms with van der Waals surface area (Å²) in [5.41, 5.74) is 2.29. The number of para-hydroxylation sites is 1. The fourth-order valence-corrected chi connectivity index (χ4v) is 2.39. The van der Waals surface area contributed by atoms with Gasteiger partial charge in [0.05, 0.1) is 7.11 Å². The number of rotatable bonds is 5. The number of carbonyl (C=O) groups excluding carboxylic acids is 1. The van der Waals surface area contributed by atoms with Gasteiger partial charge in [0, 0.05) is 12.0 Å². The van der Waals surface area contributed by atoms with Gasteiger partial charge in [-0.2, -0.15) is 0 Å². The summed E-state index contributed by atoms with van der Waals surface area (Å²) in [5, 5.41) is 0. The number of nitrogens with zero attached hydrogens (tertiary/aromatic N) is 1. The number of cyclic esters (lactones) is 1. The average molecular weight is 307 g/mol. The van der Waals surface area contributed by atoms with E-state index in [2.05, 4.69) is 4.99 Å². The molecule has 1 heterocycles. The van der Waals surface area contributed by atoms with Gasteiger partial charge in [0.25, 0.3) is 0 Å². The molecule has 0 amide bonds. The van der Waals surface area contributed by atoms with E-state index in [0.717, 1.165) is 12.0 Å². The minimum atomic E-state index is -0.418. The predicted molar refractivity (Wildman–Crippen MR) is 89.3 cm³/mol. The van der Waals surface area contributed by atoms with Gasteiger partial charge in [0.1, 0.15) is 5.75 Å². The summed E-state index contributed by atoms with van der Waals surface area (Å²) in [7, 11) is 1.60. The van der Waals surface area contributed by atoms with Crippen LogP contribution in [0.25, 0.3) is 6.08 Å². The van der Waals surface area contributed by atoms with E-state index in [4.69, 9.17) is 9.47 Å². The van der Waals surface area contributed by atoms with Gasteiger partial charge < -0.3 is 9.47 Å². The molecular formula is C19H17NO3. The molecule has 0 fully saturated rings. The van der Waals surface area contributed by atoms with Crippen molar-refractivity contribution >= 4 is 17.9 Å². The first-order valence-corrected chi connectivity index (χ1v) is 7.44. The zero-order valence-corrected chi connectivity index (χ0v) is 12.9. The van der Waals surface area contributed by atoms with E-state index in [-0.39, 0.29) is 0 Å². The summed E-state index contributed by atoms with van der Waals surface area (Å²) < 4.78 is 10.5. The average Bonchev–Trinajstić information content (AvgIpc) is 2.94. The maximum atomic E-state index is 12.0. The monoisotopic (exact) mass is 307 g/mol. The number of benzene rings is 2. The molecule has 0 spiro atoms. The molecular weight excluding hydrogens is 290 g/mol. The number of hydrogen-bond donors (Lipinski definition) is 0. The van der Waals surface area contributed by atoms with Gasteiger partial charge >= 0.3 is 5.97 Å². The Balaban J connectivity index is 1.74. The molecule has 0 N–H and O–H groups in total. The number of aliphatic imine (C=N–C) groups is 1. The maximum absolute atomic E-state index is 12.0. The van der Waals surface area contributed by atoms with Crippen LogP contribution < -0.4 is 4.74 Å². The quantitative estimate of drug-likeness (QED) is 0.626. The maximum Gasteiger partial charge on any atom is 0.363 e. The third-order valence-electron chi connectivity index (χ3n) is 3.57. The molecule has 1 aliphatic rings. The van der Waals surface area contributed by atoms with Gasteiger partial charge in [-0.25, -0.2) is 9.79 Å². The van der Waals surface area contributed by atoms with Crippen LogP contribution in [0.1, 0.15) is 17.5 Å². The molecule has 3 rings (SSSR count). The van der Waals surface area contributed by atoms with Crippen LogP contribution in [-0.2, 0) is 16.0 Å². The van der Waals surface area contributed by atoms with Crippen LogP contribution in [0.2, 0.25) is 0 Å². The number of carbonyl (C=O) groups is 1. The second-order valence-corrected chi connectivity index (χ2v) is 5.15. The number of hydrogen-bond acceptors (Lipinski definition) is 4. The molecule has 0 aliphatic carbocycles. The third-order valence-corrected chi connectivity index (χ3v) is 3.57. The van der Waals surface area contributed by atoms with E-state index >= 15 is 0 Å². The summed E-state index contributed by atoms with van der Waals surface area (Å²) >= 11 is 0. The van der Waals surface area contributed by atoms with Crippen LogP contribution in [0.3, 0.4) is 0 Å². The lowest BCUT2D eigenvalue weighted by atomic mass is 10.1. The molecule has 4 heteroatoms. The Hall–Kier alpha value is -2.88. The van der Waals surface area contributed by atoms with Crippen LogP contribution in [0.15, 0.2) is 65.3 Å². The Bertz CT molecular complexity index is 763. The number of methoxy groups -OCH3 is 1. The van der Waals surface area contributed by atoms with E-state index in [1.165, 1.54) is 5.56 Å². The van der Waals surface area contributed by atoms with E-state index in [9.17, 15) is 4.79 Å². The van der Waals surface area contributed by atoms with E-state index in [1.807, 2.05) is 54.6 Å². The molecule has 0 unspecified atom stereocenters. The van der Waals surface area contributed by atoms with Crippen LogP contribution >= 0.6 is 0 Å². The second kappa shape index (κ2) is 6.92. The van der Waals surface area contributed by atoms with E-state index < -0.39 is 5.97 Å². The molecule has 1 aliphatic heterocycles. The van der Waals surface area contributed by atoms with Gasteiger partial charge in [-0.1, -0.05) is 48.5 Å². The fraction of sp³-hybridized carbons (Fsp3) is 0.158. The van der Waals surface area contributed by atoms with Crippen molar-refractivity contribution in [2.45, 2.75) is 12.8 Å². The molecule has 0 bridgehead atoms. The minimum absolute atomic E-state index is 0.303. The second-order valence-electron chi connectivity index (χ2n) is 5.15. The summed E-state index contributed by atoms with van der Waals surface area (Å²) in [6.45, 7) is 0. The Morgan fingerprint density at radius 1 is 1.04 bits per heavy atom. The highest BCUT2D eigenvalue weighted by Crippen LogP contribution is 2.23. The van der Waals surface area contributed by atoms with Crippen molar-refractivity contribution in [3.05, 3.63) is 71.4 Å². The SMILES string of the molecule is COc1ccccc1/C=C1\N=C(CCc2ccccc2)OC1=O. The van der Waals surface area contributed by atoms with Crippen molar-refractivity contribution in [2.75, 3.05) is 7.11 Å².